The van der Waals surface area contributed by atoms with Crippen molar-refractivity contribution in [1.29, 1.82) is 0 Å². The number of carbonyl (C=O) groups is 2. The maximum absolute atomic E-state index is 13.7. The van der Waals surface area contributed by atoms with E-state index in [0.717, 1.165) is 23.0 Å². The van der Waals surface area contributed by atoms with E-state index < -0.39 is 24.2 Å². The lowest BCUT2D eigenvalue weighted by Crippen LogP contribution is -2.16. The van der Waals surface area contributed by atoms with Crippen LogP contribution < -0.4 is 4.74 Å². The van der Waals surface area contributed by atoms with E-state index in [2.05, 4.69) is 5.10 Å². The summed E-state index contributed by atoms with van der Waals surface area (Å²) >= 11 is 0. The minimum Gasteiger partial charge on any atom is -0.494 e. The fraction of sp³-hybridized carbons (Fsp3) is 0.227. The van der Waals surface area contributed by atoms with Crippen LogP contribution in [0.15, 0.2) is 48.5 Å². The van der Waals surface area contributed by atoms with Crippen LogP contribution in [-0.4, -0.2) is 35.2 Å². The molecule has 0 spiro atoms. The molecule has 0 bridgehead atoms. The Kier molecular flexibility index (Phi) is 6.07. The number of esters is 1. The molecule has 0 atom stereocenters. The standard InChI is InChI=1S/C22H21FN2O4/c1-14-18(15(2)25(24-14)17-7-5-4-6-8-17)12-22(27)29-13-20(26)16-9-10-21(28-3)19(23)11-16/h4-11H,12-13H2,1-3H3. The summed E-state index contributed by atoms with van der Waals surface area (Å²) in [6, 6.07) is 13.4. The average molecular weight is 396 g/mol. The minimum absolute atomic E-state index is 0.00520. The lowest BCUT2D eigenvalue weighted by atomic mass is 10.1. The van der Waals surface area contributed by atoms with Crippen molar-refractivity contribution in [2.24, 2.45) is 0 Å². The van der Waals surface area contributed by atoms with E-state index in [1.165, 1.54) is 19.2 Å². The first-order valence-corrected chi connectivity index (χ1v) is 9.03. The van der Waals surface area contributed by atoms with Gasteiger partial charge in [-0.1, -0.05) is 18.2 Å². The van der Waals surface area contributed by atoms with Crippen LogP contribution in [0, 0.1) is 19.7 Å². The van der Waals surface area contributed by atoms with Crippen molar-refractivity contribution < 1.29 is 23.5 Å². The molecule has 150 valence electrons. The second-order valence-electron chi connectivity index (χ2n) is 6.51. The summed E-state index contributed by atoms with van der Waals surface area (Å²) < 4.78 is 25.4. The predicted octanol–water partition coefficient (Wildman–Crippen LogP) is 3.61. The van der Waals surface area contributed by atoms with Crippen LogP contribution in [0.4, 0.5) is 4.39 Å². The summed E-state index contributed by atoms with van der Waals surface area (Å²) in [6.45, 7) is 3.23. The molecule has 1 heterocycles. The van der Waals surface area contributed by atoms with Gasteiger partial charge >= 0.3 is 5.97 Å². The van der Waals surface area contributed by atoms with Crippen molar-refractivity contribution in [1.82, 2.24) is 9.78 Å². The van der Waals surface area contributed by atoms with Crippen LogP contribution in [-0.2, 0) is 16.0 Å². The van der Waals surface area contributed by atoms with Crippen LogP contribution in [0.2, 0.25) is 0 Å². The molecule has 0 saturated heterocycles. The molecule has 0 fully saturated rings. The Labute approximate surface area is 167 Å². The number of ether oxygens (including phenoxy) is 2. The van der Waals surface area contributed by atoms with Crippen molar-refractivity contribution in [2.75, 3.05) is 13.7 Å². The molecule has 0 aliphatic heterocycles. The van der Waals surface area contributed by atoms with Crippen molar-refractivity contribution in [3.05, 3.63) is 76.9 Å². The number of methoxy groups -OCH3 is 1. The van der Waals surface area contributed by atoms with Gasteiger partial charge in [0.25, 0.3) is 0 Å². The van der Waals surface area contributed by atoms with E-state index in [-0.39, 0.29) is 17.7 Å². The monoisotopic (exact) mass is 396 g/mol. The number of benzene rings is 2. The van der Waals surface area contributed by atoms with Crippen LogP contribution in [0.5, 0.6) is 5.75 Å². The zero-order valence-electron chi connectivity index (χ0n) is 16.4. The van der Waals surface area contributed by atoms with Gasteiger partial charge in [0.1, 0.15) is 0 Å². The topological polar surface area (TPSA) is 70.4 Å². The fourth-order valence-corrected chi connectivity index (χ4v) is 3.02. The maximum atomic E-state index is 13.7. The first kappa shape index (κ1) is 20.3. The highest BCUT2D eigenvalue weighted by atomic mass is 19.1. The SMILES string of the molecule is COc1ccc(C(=O)COC(=O)Cc2c(C)nn(-c3ccccc3)c2C)cc1F. The van der Waals surface area contributed by atoms with E-state index >= 15 is 0 Å². The number of nitrogens with zero attached hydrogens (tertiary/aromatic N) is 2. The molecule has 6 nitrogen and oxygen atoms in total. The summed E-state index contributed by atoms with van der Waals surface area (Å²) in [5.41, 5.74) is 3.30. The fourth-order valence-electron chi connectivity index (χ4n) is 3.02. The number of aryl methyl sites for hydroxylation is 1. The third kappa shape index (κ3) is 4.51. The number of para-hydroxylation sites is 1. The number of aromatic nitrogens is 2. The molecule has 0 saturated carbocycles. The van der Waals surface area contributed by atoms with E-state index in [1.807, 2.05) is 44.2 Å². The van der Waals surface area contributed by atoms with Crippen molar-refractivity contribution >= 4 is 11.8 Å². The van der Waals surface area contributed by atoms with Crippen molar-refractivity contribution in [3.8, 4) is 11.4 Å². The second-order valence-corrected chi connectivity index (χ2v) is 6.51. The Morgan fingerprint density at radius 1 is 1.10 bits per heavy atom. The van der Waals surface area contributed by atoms with Gasteiger partial charge in [-0.15, -0.1) is 0 Å². The number of hydrogen-bond acceptors (Lipinski definition) is 5. The zero-order chi connectivity index (χ0) is 21.0. The average Bonchev–Trinajstić information content (AvgIpc) is 3.00. The quantitative estimate of drug-likeness (QED) is 0.451. The Balaban J connectivity index is 1.65. The molecule has 0 radical (unpaired) electrons. The molecule has 0 unspecified atom stereocenters. The van der Waals surface area contributed by atoms with Gasteiger partial charge in [0.05, 0.1) is 24.9 Å². The van der Waals surface area contributed by atoms with Gasteiger partial charge in [-0.05, 0) is 44.2 Å². The largest absolute Gasteiger partial charge is 0.494 e. The zero-order valence-corrected chi connectivity index (χ0v) is 16.4. The molecule has 0 N–H and O–H groups in total. The lowest BCUT2D eigenvalue weighted by Gasteiger charge is -2.07. The number of hydrogen-bond donors (Lipinski definition) is 0. The Morgan fingerprint density at radius 3 is 2.48 bits per heavy atom. The highest BCUT2D eigenvalue weighted by Crippen LogP contribution is 2.20. The molecule has 0 aliphatic carbocycles. The van der Waals surface area contributed by atoms with E-state index in [1.54, 1.807) is 4.68 Å². The molecule has 0 amide bonds. The third-order valence-corrected chi connectivity index (χ3v) is 4.60. The minimum atomic E-state index is -0.649. The van der Waals surface area contributed by atoms with Gasteiger partial charge in [-0.25, -0.2) is 9.07 Å². The number of Topliss-reactive ketones (excluding diaryl/α,β-unsaturated/α-hetero) is 1. The van der Waals surface area contributed by atoms with Crippen LogP contribution in [0.3, 0.4) is 0 Å². The lowest BCUT2D eigenvalue weighted by molar-refractivity contribution is -0.141. The van der Waals surface area contributed by atoms with Crippen molar-refractivity contribution in [3.63, 3.8) is 0 Å². The van der Waals surface area contributed by atoms with Crippen LogP contribution in [0.1, 0.15) is 27.3 Å². The third-order valence-electron chi connectivity index (χ3n) is 4.60. The smallest absolute Gasteiger partial charge is 0.310 e. The molecule has 3 rings (SSSR count). The van der Waals surface area contributed by atoms with E-state index in [4.69, 9.17) is 9.47 Å². The van der Waals surface area contributed by atoms with Gasteiger partial charge < -0.3 is 9.47 Å². The first-order valence-electron chi connectivity index (χ1n) is 9.03. The van der Waals surface area contributed by atoms with Crippen LogP contribution in [0.25, 0.3) is 5.69 Å². The number of halogens is 1. The molecule has 1 aromatic heterocycles. The Hall–Kier alpha value is -3.48. The number of carbonyl (C=O) groups excluding carboxylic acids is 2. The van der Waals surface area contributed by atoms with Gasteiger partial charge in [-0.3, -0.25) is 9.59 Å². The summed E-state index contributed by atoms with van der Waals surface area (Å²) in [4.78, 5) is 24.4. The summed E-state index contributed by atoms with van der Waals surface area (Å²) in [6.07, 6.45) is -0.00520. The van der Waals surface area contributed by atoms with Gasteiger partial charge in [0, 0.05) is 16.8 Å². The van der Waals surface area contributed by atoms with Crippen LogP contribution >= 0.6 is 0 Å². The van der Waals surface area contributed by atoms with Crippen molar-refractivity contribution in [2.45, 2.75) is 20.3 Å². The van der Waals surface area contributed by atoms with E-state index in [0.29, 0.717) is 5.69 Å². The maximum Gasteiger partial charge on any atom is 0.310 e. The highest BCUT2D eigenvalue weighted by Gasteiger charge is 2.18. The Bertz CT molecular complexity index is 1040. The molecule has 7 heteroatoms. The second kappa shape index (κ2) is 8.68. The number of ketones is 1. The summed E-state index contributed by atoms with van der Waals surface area (Å²) in [5.74, 6) is -1.65. The number of rotatable bonds is 7. The normalized spacial score (nSPS) is 10.6. The van der Waals surface area contributed by atoms with Gasteiger partial charge in [-0.2, -0.15) is 5.10 Å². The van der Waals surface area contributed by atoms with E-state index in [9.17, 15) is 14.0 Å². The predicted molar refractivity (Wildman–Crippen MR) is 105 cm³/mol. The highest BCUT2D eigenvalue weighted by molar-refractivity contribution is 5.98. The summed E-state index contributed by atoms with van der Waals surface area (Å²) in [7, 11) is 1.34. The van der Waals surface area contributed by atoms with Gasteiger partial charge in [0.2, 0.25) is 0 Å². The molecule has 0 aliphatic rings. The molecule has 2 aromatic carbocycles. The molecular formula is C22H21FN2O4. The Morgan fingerprint density at radius 2 is 1.83 bits per heavy atom. The first-order chi connectivity index (χ1) is 13.9. The molecular weight excluding hydrogens is 375 g/mol. The molecule has 29 heavy (non-hydrogen) atoms. The van der Waals surface area contributed by atoms with Gasteiger partial charge in [0.15, 0.2) is 24.0 Å². The summed E-state index contributed by atoms with van der Waals surface area (Å²) in [5, 5.41) is 4.49. The molecule has 3 aromatic rings.